The highest BCUT2D eigenvalue weighted by atomic mass is 16.7. The molecule has 0 spiro atoms. The van der Waals surface area contributed by atoms with Crippen LogP contribution in [0, 0.1) is 16.7 Å². The number of rotatable bonds is 5. The van der Waals surface area contributed by atoms with Crippen LogP contribution in [0.5, 0.6) is 5.75 Å². The first-order valence-electron chi connectivity index (χ1n) is 14.9. The highest BCUT2D eigenvalue weighted by molar-refractivity contribution is 5.72. The van der Waals surface area contributed by atoms with Gasteiger partial charge in [-0.15, -0.1) is 0 Å². The van der Waals surface area contributed by atoms with Crippen LogP contribution in [0.2, 0.25) is 0 Å². The number of esters is 1. The first kappa shape index (κ1) is 28.2. The number of carbonyl (C=O) groups is 1. The summed E-state index contributed by atoms with van der Waals surface area (Å²) < 4.78 is 31.6. The Morgan fingerprint density at radius 1 is 1.20 bits per heavy atom. The molecule has 2 aliphatic carbocycles. The fourth-order valence-electron chi connectivity index (χ4n) is 7.86. The Morgan fingerprint density at radius 3 is 2.73 bits per heavy atom. The normalized spacial score (nSPS) is 35.1. The third kappa shape index (κ3) is 4.54. The first-order chi connectivity index (χ1) is 19.4. The van der Waals surface area contributed by atoms with Crippen molar-refractivity contribution in [1.82, 2.24) is 4.98 Å². The van der Waals surface area contributed by atoms with Crippen LogP contribution in [0.4, 0.5) is 0 Å². The number of hydrogen-bond donors (Lipinski definition) is 0. The van der Waals surface area contributed by atoms with Gasteiger partial charge in [0.1, 0.15) is 23.2 Å². The van der Waals surface area contributed by atoms with Gasteiger partial charge in [-0.3, -0.25) is 9.78 Å². The number of nitrogens with zero attached hydrogens (tertiary/aromatic N) is 1. The van der Waals surface area contributed by atoms with Crippen LogP contribution >= 0.6 is 0 Å². The Hall–Kier alpha value is -2.97. The van der Waals surface area contributed by atoms with Crippen LogP contribution < -0.4 is 10.4 Å². The maximum absolute atomic E-state index is 13.4. The fraction of sp³-hybridized carbons (Fsp3) is 0.606. The molecule has 3 fully saturated rings. The Labute approximate surface area is 241 Å². The lowest BCUT2D eigenvalue weighted by atomic mass is 9.45. The van der Waals surface area contributed by atoms with Gasteiger partial charge in [0.15, 0.2) is 11.4 Å². The van der Waals surface area contributed by atoms with E-state index in [-0.39, 0.29) is 28.8 Å². The maximum atomic E-state index is 13.4. The number of pyridine rings is 1. The molecule has 2 aromatic heterocycles. The monoisotopic (exact) mass is 563 g/mol. The number of fused-ring (bicyclic) bond motifs is 6. The van der Waals surface area contributed by atoms with Crippen LogP contribution in [0.25, 0.3) is 17.4 Å². The lowest BCUT2D eigenvalue weighted by molar-refractivity contribution is -0.344. The van der Waals surface area contributed by atoms with Crippen molar-refractivity contribution in [2.45, 2.75) is 104 Å². The Morgan fingerprint density at radius 2 is 2.00 bits per heavy atom. The summed E-state index contributed by atoms with van der Waals surface area (Å²) in [6.45, 7) is 13.0. The zero-order valence-corrected chi connectivity index (χ0v) is 25.0. The number of unbranched alkanes of at least 4 members (excludes halogenated alkanes) is 1. The van der Waals surface area contributed by atoms with Crippen molar-refractivity contribution in [3.63, 3.8) is 0 Å². The van der Waals surface area contributed by atoms with Gasteiger partial charge in [-0.05, 0) is 81.6 Å². The molecule has 0 radical (unpaired) electrons. The summed E-state index contributed by atoms with van der Waals surface area (Å²) in [4.78, 5) is 30.7. The average molecular weight is 564 g/mol. The van der Waals surface area contributed by atoms with Gasteiger partial charge in [0.2, 0.25) is 0 Å². The minimum atomic E-state index is -0.959. The zero-order valence-electron chi connectivity index (χ0n) is 25.0. The number of carbonyl (C=O) groups excluding carboxylic acids is 1. The van der Waals surface area contributed by atoms with E-state index >= 15 is 0 Å². The van der Waals surface area contributed by atoms with E-state index in [1.54, 1.807) is 24.5 Å². The van der Waals surface area contributed by atoms with Crippen LogP contribution in [-0.2, 0) is 19.0 Å². The highest BCUT2D eigenvalue weighted by Crippen LogP contribution is 2.66. The van der Waals surface area contributed by atoms with E-state index < -0.39 is 23.1 Å². The van der Waals surface area contributed by atoms with E-state index in [1.165, 1.54) is 0 Å². The number of aromatic nitrogens is 1. The second kappa shape index (κ2) is 9.80. The zero-order chi connectivity index (χ0) is 29.2. The van der Waals surface area contributed by atoms with Crippen molar-refractivity contribution in [2.75, 3.05) is 6.61 Å². The molecule has 6 atom stereocenters. The predicted molar refractivity (Wildman–Crippen MR) is 153 cm³/mol. The topological polar surface area (TPSA) is 97.1 Å². The van der Waals surface area contributed by atoms with E-state index in [0.29, 0.717) is 42.1 Å². The molecule has 1 saturated heterocycles. The first-order valence-corrected chi connectivity index (χ1v) is 14.9. The van der Waals surface area contributed by atoms with Crippen molar-refractivity contribution < 1.29 is 28.2 Å². The Bertz CT molecular complexity index is 1430. The standard InChI is InChI=1S/C33H41NO7/c1-7-8-11-28(35)39-27-17-24-31(4,13-12-26-32(24,5)19-37-30(2,3)41-26)25-15-21-23(40-33(25,27)6)16-22(38-29(21)36)20-10-9-14-34-18-20/h9-10,14-16,18,24,26-27H,7-8,11-13,17,19H2,1-6H3/t24-,26+,27+,31+,32+,33+/m1/s1. The summed E-state index contributed by atoms with van der Waals surface area (Å²) in [7, 11) is 0. The maximum Gasteiger partial charge on any atom is 0.347 e. The molecule has 2 saturated carbocycles. The second-order valence-electron chi connectivity index (χ2n) is 13.3. The molecule has 0 bridgehead atoms. The minimum Gasteiger partial charge on any atom is -0.478 e. The van der Waals surface area contributed by atoms with Crippen molar-refractivity contribution in [2.24, 2.45) is 16.7 Å². The summed E-state index contributed by atoms with van der Waals surface area (Å²) in [6.07, 6.45) is 9.07. The summed E-state index contributed by atoms with van der Waals surface area (Å²) in [5, 5.41) is 0. The Balaban J connectivity index is 1.47. The van der Waals surface area contributed by atoms with Gasteiger partial charge < -0.3 is 23.4 Å². The summed E-state index contributed by atoms with van der Waals surface area (Å²) in [6, 6.07) is 5.38. The SMILES string of the molecule is CCCCC(=O)O[C@H]1C[C@H]2[C@]3(C)COC(C)(C)O[C@H]3CC[C@]2(C)C2=Cc3c(cc(-c4cccnc4)oc3=O)O[C@@]21C. The number of hydrogen-bond acceptors (Lipinski definition) is 8. The molecule has 6 rings (SSSR count). The molecule has 8 nitrogen and oxygen atoms in total. The molecular formula is C33H41NO7. The van der Waals surface area contributed by atoms with Crippen molar-refractivity contribution >= 4 is 12.0 Å². The molecule has 0 N–H and O–H groups in total. The van der Waals surface area contributed by atoms with Gasteiger partial charge in [-0.25, -0.2) is 4.79 Å². The molecule has 0 aromatic carbocycles. The molecule has 2 aliphatic heterocycles. The van der Waals surface area contributed by atoms with Gasteiger partial charge in [0.25, 0.3) is 0 Å². The highest BCUT2D eigenvalue weighted by Gasteiger charge is 2.67. The second-order valence-corrected chi connectivity index (χ2v) is 13.3. The van der Waals surface area contributed by atoms with E-state index in [0.717, 1.165) is 31.3 Å². The molecule has 220 valence electrons. The van der Waals surface area contributed by atoms with E-state index in [4.69, 9.17) is 23.4 Å². The fourth-order valence-corrected chi connectivity index (χ4v) is 7.86. The van der Waals surface area contributed by atoms with Crippen LogP contribution in [0.15, 0.2) is 45.4 Å². The van der Waals surface area contributed by atoms with E-state index in [1.807, 2.05) is 32.9 Å². The van der Waals surface area contributed by atoms with Gasteiger partial charge in [0.05, 0.1) is 12.7 Å². The van der Waals surface area contributed by atoms with Crippen LogP contribution in [-0.4, -0.2) is 41.2 Å². The summed E-state index contributed by atoms with van der Waals surface area (Å²) >= 11 is 0. The third-order valence-corrected chi connectivity index (χ3v) is 10.1. The lowest BCUT2D eigenvalue weighted by Gasteiger charge is -2.65. The number of ether oxygens (including phenoxy) is 4. The molecule has 8 heteroatoms. The molecule has 0 amide bonds. The molecule has 2 aromatic rings. The minimum absolute atomic E-state index is 0.00892. The van der Waals surface area contributed by atoms with Gasteiger partial charge in [-0.1, -0.05) is 27.2 Å². The molecular weight excluding hydrogens is 522 g/mol. The quantitative estimate of drug-likeness (QED) is 0.390. The van der Waals surface area contributed by atoms with Gasteiger partial charge in [0, 0.05) is 35.9 Å². The van der Waals surface area contributed by atoms with Crippen LogP contribution in [0.3, 0.4) is 0 Å². The van der Waals surface area contributed by atoms with E-state index in [9.17, 15) is 9.59 Å². The van der Waals surface area contributed by atoms with Crippen molar-refractivity contribution in [3.05, 3.63) is 52.1 Å². The Kier molecular flexibility index (Phi) is 6.73. The molecule has 4 heterocycles. The van der Waals surface area contributed by atoms with Crippen molar-refractivity contribution in [1.29, 1.82) is 0 Å². The van der Waals surface area contributed by atoms with Crippen molar-refractivity contribution in [3.8, 4) is 17.1 Å². The van der Waals surface area contributed by atoms with Gasteiger partial charge >= 0.3 is 11.6 Å². The third-order valence-electron chi connectivity index (χ3n) is 10.1. The van der Waals surface area contributed by atoms with Crippen LogP contribution in [0.1, 0.15) is 85.6 Å². The summed E-state index contributed by atoms with van der Waals surface area (Å²) in [5.74, 6) is -0.00168. The predicted octanol–water partition coefficient (Wildman–Crippen LogP) is 6.32. The van der Waals surface area contributed by atoms with E-state index in [2.05, 4.69) is 25.8 Å². The average Bonchev–Trinajstić information content (AvgIpc) is 2.93. The lowest BCUT2D eigenvalue weighted by Crippen LogP contribution is -2.68. The van der Waals surface area contributed by atoms with Gasteiger partial charge in [-0.2, -0.15) is 0 Å². The molecule has 0 unspecified atom stereocenters. The molecule has 41 heavy (non-hydrogen) atoms. The largest absolute Gasteiger partial charge is 0.478 e. The smallest absolute Gasteiger partial charge is 0.347 e. The summed E-state index contributed by atoms with van der Waals surface area (Å²) in [5.41, 5.74) is -0.0511. The molecule has 4 aliphatic rings.